The van der Waals surface area contributed by atoms with Gasteiger partial charge in [-0.2, -0.15) is 4.99 Å². The number of amides is 2. The van der Waals surface area contributed by atoms with Gasteiger partial charge in [-0.15, -0.1) is 0 Å². The minimum absolute atomic E-state index is 0.243. The molecule has 0 saturated heterocycles. The molecule has 0 radical (unpaired) electrons. The summed E-state index contributed by atoms with van der Waals surface area (Å²) in [6.45, 7) is 24.7. The minimum Gasteiger partial charge on any atom is -0.444 e. The van der Waals surface area contributed by atoms with Crippen molar-refractivity contribution in [3.05, 3.63) is 34.4 Å². The average molecular weight is 626 g/mol. The Morgan fingerprint density at radius 1 is 0.844 bits per heavy atom. The maximum absolute atomic E-state index is 12.4. The molecule has 0 spiro atoms. The molecule has 2 amide bonds. The lowest BCUT2D eigenvalue weighted by atomic mass is 9.62. The van der Waals surface area contributed by atoms with E-state index >= 15 is 0 Å². The fourth-order valence-corrected chi connectivity index (χ4v) is 6.78. The van der Waals surface area contributed by atoms with Crippen LogP contribution in [0.2, 0.25) is 0 Å². The van der Waals surface area contributed by atoms with Crippen molar-refractivity contribution < 1.29 is 19.1 Å². The van der Waals surface area contributed by atoms with Crippen LogP contribution < -0.4 is 10.6 Å². The van der Waals surface area contributed by atoms with Gasteiger partial charge in [-0.05, 0) is 132 Å². The fraction of sp³-hybridized carbons (Fsp3) is 0.763. The van der Waals surface area contributed by atoms with Crippen LogP contribution in [0, 0.1) is 18.8 Å². The van der Waals surface area contributed by atoms with Crippen molar-refractivity contribution in [1.82, 2.24) is 10.6 Å². The summed E-state index contributed by atoms with van der Waals surface area (Å²) in [5.41, 5.74) is 5.17. The molecule has 0 bridgehead atoms. The largest absolute Gasteiger partial charge is 0.444 e. The molecule has 0 unspecified atom stereocenters. The molecular weight excluding hydrogens is 562 g/mol. The molecule has 3 rings (SSSR count). The third kappa shape index (κ3) is 12.0. The smallest absolute Gasteiger partial charge is 0.435 e. The van der Waals surface area contributed by atoms with Gasteiger partial charge < -0.3 is 14.8 Å². The Hall–Kier alpha value is -2.41. The predicted molar refractivity (Wildman–Crippen MR) is 185 cm³/mol. The molecule has 45 heavy (non-hydrogen) atoms. The van der Waals surface area contributed by atoms with Crippen molar-refractivity contribution in [3.8, 4) is 0 Å². The Morgan fingerprint density at radius 3 is 1.98 bits per heavy atom. The first-order chi connectivity index (χ1) is 20.7. The first-order valence-corrected chi connectivity index (χ1v) is 17.4. The summed E-state index contributed by atoms with van der Waals surface area (Å²) in [7, 11) is 0. The number of hydrogen-bond donors (Lipinski definition) is 2. The monoisotopic (exact) mass is 625 g/mol. The second kappa shape index (κ2) is 15.0. The zero-order valence-corrected chi connectivity index (χ0v) is 30.4. The van der Waals surface area contributed by atoms with Crippen LogP contribution >= 0.6 is 0 Å². The lowest BCUT2D eigenvalue weighted by Crippen LogP contribution is -2.37. The van der Waals surface area contributed by atoms with E-state index in [1.165, 1.54) is 49.7 Å². The van der Waals surface area contributed by atoms with Crippen molar-refractivity contribution in [2.24, 2.45) is 16.8 Å². The van der Waals surface area contributed by atoms with E-state index in [4.69, 9.17) is 9.47 Å². The van der Waals surface area contributed by atoms with Crippen molar-refractivity contribution in [3.63, 3.8) is 0 Å². The highest BCUT2D eigenvalue weighted by Gasteiger charge is 2.37. The zero-order valence-electron chi connectivity index (χ0n) is 30.4. The molecule has 1 saturated carbocycles. The summed E-state index contributed by atoms with van der Waals surface area (Å²) < 4.78 is 10.7. The second-order valence-corrected chi connectivity index (χ2v) is 17.0. The van der Waals surface area contributed by atoms with Crippen LogP contribution in [0.3, 0.4) is 0 Å². The molecule has 1 fully saturated rings. The van der Waals surface area contributed by atoms with Gasteiger partial charge in [-0.1, -0.05) is 65.5 Å². The quantitative estimate of drug-likeness (QED) is 0.162. The summed E-state index contributed by atoms with van der Waals surface area (Å²) in [6.07, 6.45) is 9.79. The summed E-state index contributed by atoms with van der Waals surface area (Å²) in [5.74, 6) is 1.77. The number of nitrogens with zero attached hydrogens (tertiary/aromatic N) is 1. The molecule has 1 aromatic rings. The highest BCUT2D eigenvalue weighted by Crippen LogP contribution is 2.46. The van der Waals surface area contributed by atoms with Gasteiger partial charge in [0.05, 0.1) is 0 Å². The number of rotatable bonds is 9. The number of aryl methyl sites for hydroxylation is 1. The van der Waals surface area contributed by atoms with E-state index < -0.39 is 23.4 Å². The molecule has 7 heteroatoms. The Labute approximate surface area is 274 Å². The number of unbranched alkanes of at least 4 members (excludes halogenated alkanes) is 1. The van der Waals surface area contributed by atoms with Gasteiger partial charge in [-0.25, -0.2) is 9.59 Å². The van der Waals surface area contributed by atoms with Gasteiger partial charge in [0.1, 0.15) is 17.0 Å². The van der Waals surface area contributed by atoms with Crippen LogP contribution in [-0.2, 0) is 26.8 Å². The standard InChI is InChI=1S/C38H63N3O4/c1-26-22-30-31(38(10,11)21-20-37(30,8)9)23-29(26)25-39-24-28-18-16-27(17-19-28)14-12-13-15-32(40-33(42)44-35(2,3)4)41-34(43)45-36(5,6)7/h22-23,27-28,39H,12-21,24-25H2,1-11H3,(H,40,41,42,43). The van der Waals surface area contributed by atoms with E-state index in [2.05, 4.69) is 62.4 Å². The SMILES string of the molecule is Cc1cc2c(cc1CNCC1CCC(CCCCC(=NC(=O)OC(C)(C)C)NC(=O)OC(C)(C)C)CC1)C(C)(C)CCC2(C)C. The van der Waals surface area contributed by atoms with E-state index in [9.17, 15) is 9.59 Å². The summed E-state index contributed by atoms with van der Waals surface area (Å²) >= 11 is 0. The van der Waals surface area contributed by atoms with Crippen molar-refractivity contribution in [2.75, 3.05) is 6.54 Å². The molecule has 7 nitrogen and oxygen atoms in total. The van der Waals surface area contributed by atoms with Crippen LogP contribution in [0.1, 0.15) is 156 Å². The number of hydrogen-bond acceptors (Lipinski definition) is 5. The van der Waals surface area contributed by atoms with Crippen LogP contribution in [0.15, 0.2) is 17.1 Å². The minimum atomic E-state index is -0.699. The van der Waals surface area contributed by atoms with E-state index in [0.29, 0.717) is 12.3 Å². The third-order valence-electron chi connectivity index (χ3n) is 9.57. The van der Waals surface area contributed by atoms with E-state index in [1.807, 2.05) is 0 Å². The fourth-order valence-electron chi connectivity index (χ4n) is 6.78. The number of alkyl carbamates (subject to hydrolysis) is 1. The Bertz CT molecular complexity index is 1190. The summed E-state index contributed by atoms with van der Waals surface area (Å²) in [6, 6.07) is 4.97. The molecular formula is C38H63N3O4. The van der Waals surface area contributed by atoms with E-state index in [-0.39, 0.29) is 10.8 Å². The number of carbonyl (C=O) groups excluding carboxylic acids is 2. The lowest BCUT2D eigenvalue weighted by Gasteiger charge is -2.42. The van der Waals surface area contributed by atoms with Crippen LogP contribution in [0.5, 0.6) is 0 Å². The molecule has 254 valence electrons. The van der Waals surface area contributed by atoms with Gasteiger partial charge in [0.25, 0.3) is 0 Å². The Kier molecular flexibility index (Phi) is 12.3. The average Bonchev–Trinajstić information content (AvgIpc) is 2.88. The van der Waals surface area contributed by atoms with E-state index in [1.54, 1.807) is 52.7 Å². The van der Waals surface area contributed by atoms with E-state index in [0.717, 1.165) is 44.2 Å². The third-order valence-corrected chi connectivity index (χ3v) is 9.57. The zero-order chi connectivity index (χ0) is 33.6. The predicted octanol–water partition coefficient (Wildman–Crippen LogP) is 9.66. The molecule has 2 N–H and O–H groups in total. The Balaban J connectivity index is 1.42. The highest BCUT2D eigenvalue weighted by molar-refractivity contribution is 6.00. The number of benzene rings is 1. The topological polar surface area (TPSA) is 89.0 Å². The molecule has 2 aliphatic carbocycles. The first kappa shape index (κ1) is 37.1. The molecule has 0 atom stereocenters. The maximum atomic E-state index is 12.4. The molecule has 0 aromatic heterocycles. The van der Waals surface area contributed by atoms with Crippen molar-refractivity contribution in [1.29, 1.82) is 0 Å². The van der Waals surface area contributed by atoms with Gasteiger partial charge in [-0.3, -0.25) is 5.32 Å². The van der Waals surface area contributed by atoms with Crippen molar-refractivity contribution >= 4 is 18.0 Å². The number of nitrogens with one attached hydrogen (secondary N) is 2. The normalized spacial score (nSPS) is 21.5. The second-order valence-electron chi connectivity index (χ2n) is 17.0. The van der Waals surface area contributed by atoms with Gasteiger partial charge in [0.15, 0.2) is 0 Å². The molecule has 2 aliphatic rings. The highest BCUT2D eigenvalue weighted by atomic mass is 16.6. The number of aliphatic imine (C=N–C) groups is 1. The number of carbonyl (C=O) groups is 2. The lowest BCUT2D eigenvalue weighted by molar-refractivity contribution is 0.0561. The van der Waals surface area contributed by atoms with Gasteiger partial charge in [0.2, 0.25) is 0 Å². The summed E-state index contributed by atoms with van der Waals surface area (Å²) in [5, 5.41) is 6.48. The maximum Gasteiger partial charge on any atom is 0.435 e. The van der Waals surface area contributed by atoms with Crippen LogP contribution in [0.25, 0.3) is 0 Å². The number of amidine groups is 1. The van der Waals surface area contributed by atoms with Gasteiger partial charge in [0, 0.05) is 13.0 Å². The summed E-state index contributed by atoms with van der Waals surface area (Å²) in [4.78, 5) is 28.7. The Morgan fingerprint density at radius 2 is 1.40 bits per heavy atom. The van der Waals surface area contributed by atoms with Crippen LogP contribution in [0.4, 0.5) is 9.59 Å². The molecule has 0 aliphatic heterocycles. The molecule has 1 aromatic carbocycles. The first-order valence-electron chi connectivity index (χ1n) is 17.4. The van der Waals surface area contributed by atoms with Crippen LogP contribution in [-0.4, -0.2) is 35.8 Å². The van der Waals surface area contributed by atoms with Gasteiger partial charge >= 0.3 is 12.2 Å². The molecule has 0 heterocycles. The van der Waals surface area contributed by atoms with Crippen molar-refractivity contribution in [2.45, 2.75) is 169 Å². The number of ether oxygens (including phenoxy) is 2. The number of fused-ring (bicyclic) bond motifs is 1.